The van der Waals surface area contributed by atoms with Crippen molar-refractivity contribution in [3.8, 4) is 0 Å². The summed E-state index contributed by atoms with van der Waals surface area (Å²) in [5.41, 5.74) is 13.1. The number of thiophene rings is 1. The summed E-state index contributed by atoms with van der Waals surface area (Å²) >= 11 is 1.65. The van der Waals surface area contributed by atoms with Crippen molar-refractivity contribution in [3.63, 3.8) is 0 Å². The van der Waals surface area contributed by atoms with Gasteiger partial charge in [-0.05, 0) is 63.6 Å². The lowest BCUT2D eigenvalue weighted by Gasteiger charge is -2.25. The van der Waals surface area contributed by atoms with Crippen LogP contribution in [0.5, 0.6) is 0 Å². The third-order valence-corrected chi connectivity index (χ3v) is 6.86. The van der Waals surface area contributed by atoms with Crippen LogP contribution in [0.2, 0.25) is 0 Å². The Hall–Kier alpha value is -2.43. The fraction of sp³-hybridized carbons (Fsp3) is 0.625. The molecule has 0 radical (unpaired) electrons. The Morgan fingerprint density at radius 2 is 2.12 bits per heavy atom. The van der Waals surface area contributed by atoms with E-state index in [1.165, 1.54) is 9.94 Å². The zero-order valence-corrected chi connectivity index (χ0v) is 20.8. The number of hydrogen-bond acceptors (Lipinski definition) is 8. The fourth-order valence-electron chi connectivity index (χ4n) is 3.70. The number of hydroxylamine groups is 2. The molecular weight excluding hydrogens is 454 g/mol. The number of nitrogens with two attached hydrogens (primary N) is 2. The van der Waals surface area contributed by atoms with Gasteiger partial charge in [0.1, 0.15) is 11.9 Å². The number of amides is 2. The summed E-state index contributed by atoms with van der Waals surface area (Å²) in [5.74, 6) is 0.172. The van der Waals surface area contributed by atoms with Gasteiger partial charge in [-0.15, -0.1) is 11.3 Å². The SMILES string of the molecule is CCCN(OCCNC(=O)OC1CCC1)C(=O)C1=Cc2sc(CCCCCN)cc2N=C(N)C1. The molecule has 1 fully saturated rings. The monoisotopic (exact) mass is 491 g/mol. The van der Waals surface area contributed by atoms with Crippen molar-refractivity contribution in [2.75, 3.05) is 26.2 Å². The molecule has 0 saturated heterocycles. The number of alkyl carbamates (subject to hydrolysis) is 1. The molecule has 1 aromatic rings. The normalized spacial score (nSPS) is 15.5. The molecule has 0 bridgehead atoms. The molecule has 1 aliphatic heterocycles. The maximum Gasteiger partial charge on any atom is 0.407 e. The highest BCUT2D eigenvalue weighted by Gasteiger charge is 2.24. The van der Waals surface area contributed by atoms with E-state index in [9.17, 15) is 9.59 Å². The van der Waals surface area contributed by atoms with Crippen LogP contribution < -0.4 is 16.8 Å². The van der Waals surface area contributed by atoms with Gasteiger partial charge in [0.05, 0.1) is 17.2 Å². The first-order chi connectivity index (χ1) is 16.5. The maximum absolute atomic E-state index is 13.3. The van der Waals surface area contributed by atoms with Gasteiger partial charge >= 0.3 is 6.09 Å². The molecule has 10 heteroatoms. The van der Waals surface area contributed by atoms with Gasteiger partial charge in [0.25, 0.3) is 5.91 Å². The molecule has 5 N–H and O–H groups in total. The number of unbranched alkanes of at least 4 members (excludes halogenated alkanes) is 2. The van der Waals surface area contributed by atoms with Crippen molar-refractivity contribution in [2.24, 2.45) is 16.5 Å². The van der Waals surface area contributed by atoms with Crippen LogP contribution in [0.1, 0.15) is 68.0 Å². The molecule has 2 heterocycles. The summed E-state index contributed by atoms with van der Waals surface area (Å²) in [7, 11) is 0. The van der Waals surface area contributed by atoms with Gasteiger partial charge < -0.3 is 21.5 Å². The van der Waals surface area contributed by atoms with Crippen molar-refractivity contribution < 1.29 is 19.2 Å². The van der Waals surface area contributed by atoms with Gasteiger partial charge in [-0.2, -0.15) is 0 Å². The molecule has 2 amide bonds. The Bertz CT molecular complexity index is 894. The van der Waals surface area contributed by atoms with Crippen LogP contribution in [0.25, 0.3) is 6.08 Å². The molecule has 0 aromatic carbocycles. The second-order valence-corrected chi connectivity index (χ2v) is 9.80. The highest BCUT2D eigenvalue weighted by Crippen LogP contribution is 2.35. The maximum atomic E-state index is 13.3. The summed E-state index contributed by atoms with van der Waals surface area (Å²) in [5, 5.41) is 4.02. The van der Waals surface area contributed by atoms with Crippen molar-refractivity contribution in [1.82, 2.24) is 10.4 Å². The molecule has 0 atom stereocenters. The van der Waals surface area contributed by atoms with E-state index in [1.54, 1.807) is 11.3 Å². The Kier molecular flexibility index (Phi) is 10.4. The van der Waals surface area contributed by atoms with Gasteiger partial charge in [-0.3, -0.25) is 9.63 Å². The third kappa shape index (κ3) is 7.82. The highest BCUT2D eigenvalue weighted by atomic mass is 32.1. The number of aryl methyl sites for hydroxylation is 1. The van der Waals surface area contributed by atoms with Crippen LogP contribution in [0.4, 0.5) is 10.5 Å². The Morgan fingerprint density at radius 1 is 1.29 bits per heavy atom. The molecule has 9 nitrogen and oxygen atoms in total. The van der Waals surface area contributed by atoms with Crippen molar-refractivity contribution in [3.05, 3.63) is 21.4 Å². The highest BCUT2D eigenvalue weighted by molar-refractivity contribution is 7.13. The molecule has 1 aliphatic carbocycles. The quantitative estimate of drug-likeness (QED) is 0.285. The summed E-state index contributed by atoms with van der Waals surface area (Å²) in [4.78, 5) is 37.5. The topological polar surface area (TPSA) is 132 Å². The zero-order valence-electron chi connectivity index (χ0n) is 20.0. The number of rotatable bonds is 13. The Morgan fingerprint density at radius 3 is 2.82 bits per heavy atom. The van der Waals surface area contributed by atoms with Crippen LogP contribution in [0, 0.1) is 0 Å². The molecular formula is C24H37N5O4S. The van der Waals surface area contributed by atoms with Crippen LogP contribution >= 0.6 is 11.3 Å². The first-order valence-corrected chi connectivity index (χ1v) is 13.1. The molecule has 1 saturated carbocycles. The van der Waals surface area contributed by atoms with Gasteiger partial charge in [0.15, 0.2) is 0 Å². The second kappa shape index (κ2) is 13.5. The predicted molar refractivity (Wildman–Crippen MR) is 135 cm³/mol. The van der Waals surface area contributed by atoms with E-state index in [-0.39, 0.29) is 31.6 Å². The van der Waals surface area contributed by atoms with Crippen LogP contribution in [0.15, 0.2) is 16.6 Å². The molecule has 34 heavy (non-hydrogen) atoms. The van der Waals surface area contributed by atoms with E-state index >= 15 is 0 Å². The van der Waals surface area contributed by atoms with Crippen LogP contribution in [-0.2, 0) is 20.8 Å². The average Bonchev–Trinajstić information content (AvgIpc) is 3.08. The van der Waals surface area contributed by atoms with Gasteiger partial charge in [-0.25, -0.2) is 14.9 Å². The molecule has 1 aromatic heterocycles. The van der Waals surface area contributed by atoms with E-state index in [2.05, 4.69) is 16.4 Å². The lowest BCUT2D eigenvalue weighted by Crippen LogP contribution is -2.38. The number of aliphatic imine (C=N–C) groups is 1. The number of hydrogen-bond donors (Lipinski definition) is 3. The lowest BCUT2D eigenvalue weighted by molar-refractivity contribution is -0.181. The largest absolute Gasteiger partial charge is 0.446 e. The molecule has 188 valence electrons. The van der Waals surface area contributed by atoms with Gasteiger partial charge in [-0.1, -0.05) is 13.3 Å². The Labute approximate surface area is 205 Å². The average molecular weight is 492 g/mol. The molecule has 3 rings (SSSR count). The number of nitrogens with zero attached hydrogens (tertiary/aromatic N) is 2. The van der Waals surface area contributed by atoms with E-state index in [1.807, 2.05) is 13.0 Å². The minimum absolute atomic E-state index is 0.0296. The molecule has 0 spiro atoms. The fourth-order valence-corrected chi connectivity index (χ4v) is 4.81. The van der Waals surface area contributed by atoms with Crippen LogP contribution in [-0.4, -0.2) is 55.2 Å². The predicted octanol–water partition coefficient (Wildman–Crippen LogP) is 3.64. The Balaban J connectivity index is 1.57. The van der Waals surface area contributed by atoms with E-state index in [0.29, 0.717) is 24.5 Å². The zero-order chi connectivity index (χ0) is 24.3. The van der Waals surface area contributed by atoms with E-state index in [0.717, 1.165) is 61.9 Å². The van der Waals surface area contributed by atoms with Crippen LogP contribution in [0.3, 0.4) is 0 Å². The van der Waals surface area contributed by atoms with E-state index < -0.39 is 6.09 Å². The summed E-state index contributed by atoms with van der Waals surface area (Å²) in [6.07, 6.45) is 9.58. The summed E-state index contributed by atoms with van der Waals surface area (Å²) < 4.78 is 5.25. The minimum Gasteiger partial charge on any atom is -0.446 e. The number of carbonyl (C=O) groups is 2. The number of carbonyl (C=O) groups excluding carboxylic acids is 2. The lowest BCUT2D eigenvalue weighted by atomic mass is 9.96. The summed E-state index contributed by atoms with van der Waals surface area (Å²) in [6, 6.07) is 2.06. The third-order valence-electron chi connectivity index (χ3n) is 5.73. The smallest absolute Gasteiger partial charge is 0.407 e. The summed E-state index contributed by atoms with van der Waals surface area (Å²) in [6.45, 7) is 3.55. The van der Waals surface area contributed by atoms with Crippen molar-refractivity contribution in [2.45, 2.75) is 70.8 Å². The first kappa shape index (κ1) is 26.2. The second-order valence-electron chi connectivity index (χ2n) is 8.64. The minimum atomic E-state index is -0.443. The first-order valence-electron chi connectivity index (χ1n) is 12.3. The van der Waals surface area contributed by atoms with Gasteiger partial charge in [0.2, 0.25) is 0 Å². The molecule has 2 aliphatic rings. The van der Waals surface area contributed by atoms with Crippen molar-refractivity contribution in [1.29, 1.82) is 0 Å². The number of nitrogens with one attached hydrogen (secondary N) is 1. The number of fused-ring (bicyclic) bond motifs is 1. The molecule has 0 unspecified atom stereocenters. The number of amidine groups is 1. The standard InChI is InChI=1S/C24H37N5O4S/c1-2-12-29(32-13-11-27-24(31)33-18-7-6-8-18)23(30)17-14-21-20(28-22(26)15-17)16-19(34-21)9-4-3-5-10-25/h14,16,18H,2-13,15,25H2,1H3,(H2,26,28)(H,27,31). The van der Waals surface area contributed by atoms with E-state index in [4.69, 9.17) is 21.0 Å². The van der Waals surface area contributed by atoms with Crippen molar-refractivity contribution >= 4 is 40.9 Å². The van der Waals surface area contributed by atoms with Gasteiger partial charge in [0, 0.05) is 30.0 Å². The number of ether oxygens (including phenoxy) is 1.